The summed E-state index contributed by atoms with van der Waals surface area (Å²) in [5, 5.41) is 31.8. The minimum atomic E-state index is -2.53. The second-order valence-corrected chi connectivity index (χ2v) is 12.6. The number of aliphatic hydroxyl groups is 1. The van der Waals surface area contributed by atoms with Gasteiger partial charge in [0.1, 0.15) is 17.4 Å². The number of phenolic OH excluding ortho intramolecular Hbond substituents is 1. The first kappa shape index (κ1) is 31.8. The number of Topliss-reactive ketones (excluding diaryl/α,β-unsaturated/α-hetero) is 3. The number of nitrogens with one attached hydrogen (secondary N) is 1. The Labute approximate surface area is 246 Å². The molecule has 1 aromatic rings. The van der Waals surface area contributed by atoms with Gasteiger partial charge in [0.25, 0.3) is 0 Å². The summed E-state index contributed by atoms with van der Waals surface area (Å²) in [5.41, 5.74) is 3.39. The fourth-order valence-corrected chi connectivity index (χ4v) is 7.84. The van der Waals surface area contributed by atoms with Crippen LogP contribution in [0.25, 0.3) is 0 Å². The average molecular weight is 585 g/mol. The lowest BCUT2D eigenvalue weighted by molar-refractivity contribution is -0.157. The first-order valence-electron chi connectivity index (χ1n) is 14.7. The van der Waals surface area contributed by atoms with Gasteiger partial charge in [-0.3, -0.25) is 29.0 Å². The fraction of sp³-hybridized carbons (Fsp3) is 0.645. The molecule has 3 aliphatic carbocycles. The van der Waals surface area contributed by atoms with Gasteiger partial charge in [-0.05, 0) is 57.8 Å². The van der Waals surface area contributed by atoms with Crippen LogP contribution in [-0.4, -0.2) is 94.9 Å². The van der Waals surface area contributed by atoms with E-state index >= 15 is 0 Å². The molecule has 2 fully saturated rings. The number of aromatic hydroxyl groups is 1. The molecule has 3 aliphatic rings. The van der Waals surface area contributed by atoms with Crippen LogP contribution in [0.3, 0.4) is 0 Å². The number of hydrogen-bond donors (Lipinski definition) is 4. The Bertz CT molecular complexity index is 1320. The highest BCUT2D eigenvalue weighted by Crippen LogP contribution is 2.53. The van der Waals surface area contributed by atoms with E-state index in [2.05, 4.69) is 32.6 Å². The Hall–Kier alpha value is -3.15. The molecule has 1 aromatic carbocycles. The second kappa shape index (κ2) is 11.5. The Balaban J connectivity index is 1.87. The molecule has 11 heteroatoms. The molecular formula is C31H44N4O7. The van der Waals surface area contributed by atoms with Crippen molar-refractivity contribution in [3.63, 3.8) is 0 Å². The third-order valence-corrected chi connectivity index (χ3v) is 9.50. The van der Waals surface area contributed by atoms with E-state index in [-0.39, 0.29) is 30.2 Å². The summed E-state index contributed by atoms with van der Waals surface area (Å²) < 4.78 is 5.92. The number of amides is 1. The standard InChI is InChI=1S/C31H44N4O7/c1-8-19(35(9-2)13-14(3)4)16-12-20(36)22-17(27(16)42-7)10-15-11-18-24(34(5)6)26(38)23(30(33)40)28(32)31(18,41)29(39)21(15)25(22)37/h12,14-15,18-19,21,23-24,32,36,41H,8-11,13H2,1-7H3,(H2,33,40). The maximum absolute atomic E-state index is 14.1. The quantitative estimate of drug-likeness (QED) is 0.315. The Kier molecular flexibility index (Phi) is 8.70. The van der Waals surface area contributed by atoms with Crippen molar-refractivity contribution < 1.29 is 34.1 Å². The van der Waals surface area contributed by atoms with Gasteiger partial charge in [0.2, 0.25) is 5.91 Å². The van der Waals surface area contributed by atoms with Crippen molar-refractivity contribution in [3.05, 3.63) is 22.8 Å². The molecule has 0 bridgehead atoms. The van der Waals surface area contributed by atoms with Gasteiger partial charge in [0.15, 0.2) is 23.0 Å². The number of likely N-dealkylation sites (N-methyl/N-ethyl adjacent to an activating group) is 1. The number of rotatable bonds is 9. The smallest absolute Gasteiger partial charge is 0.233 e. The summed E-state index contributed by atoms with van der Waals surface area (Å²) >= 11 is 0. The summed E-state index contributed by atoms with van der Waals surface area (Å²) in [7, 11) is 4.72. The lowest BCUT2D eigenvalue weighted by Gasteiger charge is -2.53. The fourth-order valence-electron chi connectivity index (χ4n) is 7.84. The van der Waals surface area contributed by atoms with Gasteiger partial charge in [0, 0.05) is 29.6 Å². The van der Waals surface area contributed by atoms with E-state index in [1.165, 1.54) is 12.0 Å². The highest BCUT2D eigenvalue weighted by molar-refractivity contribution is 6.33. The maximum atomic E-state index is 14.1. The Morgan fingerprint density at radius 2 is 1.88 bits per heavy atom. The van der Waals surface area contributed by atoms with Crippen molar-refractivity contribution in [3.8, 4) is 11.5 Å². The Morgan fingerprint density at radius 1 is 1.24 bits per heavy atom. The third kappa shape index (κ3) is 4.66. The van der Waals surface area contributed by atoms with Crippen LogP contribution >= 0.6 is 0 Å². The molecule has 0 saturated heterocycles. The van der Waals surface area contributed by atoms with Crippen LogP contribution in [0.1, 0.15) is 68.1 Å². The van der Waals surface area contributed by atoms with Crippen molar-refractivity contribution in [2.24, 2.45) is 35.3 Å². The molecule has 4 rings (SSSR count). The van der Waals surface area contributed by atoms with Gasteiger partial charge < -0.3 is 26.1 Å². The molecule has 0 heterocycles. The Morgan fingerprint density at radius 3 is 2.38 bits per heavy atom. The number of carbonyl (C=O) groups is 4. The van der Waals surface area contributed by atoms with Gasteiger partial charge >= 0.3 is 0 Å². The van der Waals surface area contributed by atoms with Crippen LogP contribution in [0.2, 0.25) is 0 Å². The van der Waals surface area contributed by atoms with E-state index in [1.54, 1.807) is 20.2 Å². The van der Waals surface area contributed by atoms with Crippen molar-refractivity contribution in [2.45, 2.75) is 64.6 Å². The number of ketones is 3. The van der Waals surface area contributed by atoms with Crippen molar-refractivity contribution >= 4 is 29.0 Å². The van der Waals surface area contributed by atoms with Gasteiger partial charge in [0.05, 0.1) is 30.3 Å². The molecule has 7 unspecified atom stereocenters. The monoisotopic (exact) mass is 584 g/mol. The number of phenols is 1. The van der Waals surface area contributed by atoms with E-state index in [0.717, 1.165) is 25.1 Å². The summed E-state index contributed by atoms with van der Waals surface area (Å²) in [6, 6.07) is 0.391. The first-order valence-corrected chi connectivity index (χ1v) is 14.7. The number of nitrogens with zero attached hydrogens (tertiary/aromatic N) is 2. The molecule has 7 atom stereocenters. The van der Waals surface area contributed by atoms with Crippen LogP contribution < -0.4 is 10.5 Å². The molecule has 0 spiro atoms. The van der Waals surface area contributed by atoms with Crippen molar-refractivity contribution in [1.82, 2.24) is 9.80 Å². The predicted molar refractivity (Wildman–Crippen MR) is 156 cm³/mol. The minimum Gasteiger partial charge on any atom is -0.507 e. The minimum absolute atomic E-state index is 0.0250. The van der Waals surface area contributed by atoms with E-state index in [9.17, 15) is 29.4 Å². The molecule has 2 saturated carbocycles. The van der Waals surface area contributed by atoms with Crippen LogP contribution in [0.4, 0.5) is 0 Å². The lowest BCUT2D eigenvalue weighted by atomic mass is 9.52. The largest absolute Gasteiger partial charge is 0.507 e. The number of fused-ring (bicyclic) bond motifs is 3. The maximum Gasteiger partial charge on any atom is 0.233 e. The van der Waals surface area contributed by atoms with Gasteiger partial charge in [-0.15, -0.1) is 0 Å². The van der Waals surface area contributed by atoms with E-state index in [1.807, 2.05) is 0 Å². The number of primary amides is 1. The zero-order valence-corrected chi connectivity index (χ0v) is 25.6. The van der Waals surface area contributed by atoms with Gasteiger partial charge in [-0.25, -0.2) is 0 Å². The van der Waals surface area contributed by atoms with Crippen molar-refractivity contribution in [2.75, 3.05) is 34.3 Å². The van der Waals surface area contributed by atoms with E-state index in [0.29, 0.717) is 17.2 Å². The summed E-state index contributed by atoms with van der Waals surface area (Å²) in [4.78, 5) is 57.6. The van der Waals surface area contributed by atoms with Gasteiger partial charge in [-0.2, -0.15) is 0 Å². The van der Waals surface area contributed by atoms with Crippen LogP contribution in [0, 0.1) is 35.0 Å². The highest BCUT2D eigenvalue weighted by Gasteiger charge is 2.67. The third-order valence-electron chi connectivity index (χ3n) is 9.50. The summed E-state index contributed by atoms with van der Waals surface area (Å²) in [6.45, 7) is 10.0. The van der Waals surface area contributed by atoms with Crippen LogP contribution in [0.15, 0.2) is 6.07 Å². The van der Waals surface area contributed by atoms with Crippen molar-refractivity contribution in [1.29, 1.82) is 5.41 Å². The number of hydrogen-bond acceptors (Lipinski definition) is 10. The average Bonchev–Trinajstić information content (AvgIpc) is 2.89. The van der Waals surface area contributed by atoms with Crippen LogP contribution in [0.5, 0.6) is 11.5 Å². The molecule has 5 N–H and O–H groups in total. The molecule has 0 radical (unpaired) electrons. The normalized spacial score (nSPS) is 29.9. The molecule has 230 valence electrons. The van der Waals surface area contributed by atoms with Crippen LogP contribution in [-0.2, 0) is 20.8 Å². The van der Waals surface area contributed by atoms with E-state index < -0.39 is 64.3 Å². The number of carbonyl (C=O) groups excluding carboxylic acids is 4. The molecule has 11 nitrogen and oxygen atoms in total. The summed E-state index contributed by atoms with van der Waals surface area (Å²) in [5.74, 6) is -7.55. The van der Waals surface area contributed by atoms with E-state index in [4.69, 9.17) is 15.9 Å². The highest BCUT2D eigenvalue weighted by atomic mass is 16.5. The predicted octanol–water partition coefficient (Wildman–Crippen LogP) is 1.76. The molecule has 0 aliphatic heterocycles. The first-order chi connectivity index (χ1) is 19.7. The number of benzene rings is 1. The zero-order chi connectivity index (χ0) is 31.4. The van der Waals surface area contributed by atoms with Gasteiger partial charge in [-0.1, -0.05) is 27.7 Å². The molecule has 0 aromatic heterocycles. The number of methoxy groups -OCH3 is 1. The summed E-state index contributed by atoms with van der Waals surface area (Å²) in [6.07, 6.45) is 1.00. The SMILES string of the molecule is CCC(c1cc(O)c2c(c1OC)CC1CC3C(N(C)C)C(=O)C(C(N)=O)C(=N)C3(O)C(=O)C1C2=O)N(CC)CC(C)C. The molecule has 1 amide bonds. The molecule has 42 heavy (non-hydrogen) atoms. The lowest BCUT2D eigenvalue weighted by Crippen LogP contribution is -2.73. The number of ether oxygens (including phenoxy) is 1. The topological polar surface area (TPSA) is 174 Å². The number of nitrogens with two attached hydrogens (primary N) is 1. The second-order valence-electron chi connectivity index (χ2n) is 12.6. The zero-order valence-electron chi connectivity index (χ0n) is 25.6. The molecular weight excluding hydrogens is 540 g/mol.